The van der Waals surface area contributed by atoms with Crippen molar-refractivity contribution in [3.63, 3.8) is 0 Å². The van der Waals surface area contributed by atoms with Crippen molar-refractivity contribution in [1.29, 1.82) is 0 Å². The maximum atomic E-state index is 7.90. The Labute approximate surface area is 661 Å². The minimum absolute atomic E-state index is 0.114. The molecule has 112 heavy (non-hydrogen) atoms. The van der Waals surface area contributed by atoms with E-state index in [1.54, 1.807) is 0 Å². The predicted molar refractivity (Wildman–Crippen MR) is 432 cm³/mol. The second-order valence-corrected chi connectivity index (χ2v) is 35.4. The molecule has 24 unspecified atom stereocenters. The average Bonchev–Trinajstić information content (AvgIpc) is 1.45. The molecule has 584 valence electrons. The summed E-state index contributed by atoms with van der Waals surface area (Å²) in [6, 6.07) is 86.0. The highest BCUT2D eigenvalue weighted by molar-refractivity contribution is 5.33. The summed E-state index contributed by atoms with van der Waals surface area (Å²) in [7, 11) is 0. The van der Waals surface area contributed by atoms with Crippen LogP contribution in [0.4, 0.5) is 0 Å². The largest absolute Gasteiger partial charge is 0.490 e. The molecule has 5 heterocycles. The molecule has 8 N–H and O–H groups in total. The monoisotopic (exact) mass is 1500 g/mol. The minimum Gasteiger partial charge on any atom is -0.490 e. The van der Waals surface area contributed by atoms with Crippen LogP contribution in [0, 0.1) is 94.7 Å². The van der Waals surface area contributed by atoms with E-state index in [0.29, 0.717) is 0 Å². The zero-order valence-corrected chi connectivity index (χ0v) is 64.1. The molecule has 5 aliphatic heterocycles. The fourth-order valence-electron chi connectivity index (χ4n) is 25.6. The highest BCUT2D eigenvalue weighted by Crippen LogP contribution is 2.59. The van der Waals surface area contributed by atoms with Gasteiger partial charge in [0.2, 0.25) is 0 Å². The molecule has 16 heteroatoms. The Morgan fingerprint density at radius 1 is 0.152 bits per heavy atom. The van der Waals surface area contributed by atoms with E-state index in [1.165, 1.54) is 0 Å². The van der Waals surface area contributed by atoms with Crippen LogP contribution in [0.15, 0.2) is 243 Å². The number of benzene rings is 8. The van der Waals surface area contributed by atoms with Crippen LogP contribution in [-0.4, -0.2) is 98.2 Å². The molecular weight excluding hydrogens is 1390 g/mol. The molecule has 13 aliphatic rings. The second kappa shape index (κ2) is 31.6. The summed E-state index contributed by atoms with van der Waals surface area (Å²) in [5.41, 5.74) is 0. The van der Waals surface area contributed by atoms with Gasteiger partial charge < -0.3 is 37.9 Å². The Morgan fingerprint density at radius 2 is 0.259 bits per heavy atom. The number of nitrogens with one attached hydrogen (secondary N) is 8. The second-order valence-electron chi connectivity index (χ2n) is 35.4. The molecule has 8 aromatic rings. The molecule has 21 rings (SSSR count). The van der Waals surface area contributed by atoms with Gasteiger partial charge in [-0.3, -0.25) is 42.5 Å². The van der Waals surface area contributed by atoms with Gasteiger partial charge >= 0.3 is 0 Å². The van der Waals surface area contributed by atoms with Gasteiger partial charge in [0.05, 0.1) is 49.3 Å². The van der Waals surface area contributed by atoms with Gasteiger partial charge in [0.25, 0.3) is 0 Å². The Morgan fingerprint density at radius 3 is 0.366 bits per heavy atom. The van der Waals surface area contributed by atoms with Crippen molar-refractivity contribution in [1.82, 2.24) is 42.5 Å². The molecule has 24 atom stereocenters. The third-order valence-corrected chi connectivity index (χ3v) is 29.8. The molecule has 16 nitrogen and oxygen atoms in total. The molecule has 8 bridgehead atoms. The standard InChI is InChI=1S/C96H112N8O8/c1-9-33-57(34-10-1)105-81-65-49-25-26-50-66(65)82(106-58-35-11-2-12-36-58)74-73(81)89-97-90(74)102-92-77-78(86(110-62-43-19-6-20-44-62)70-54-30-29-53-69(70)85(77)109-61-41-17-5-18-42-61)94(99-92)104-96-80-79(87(111-63-45-21-7-22-46-63)71-55-31-32-56-72(71)88(80)112-64-47-23-8-24-48-64)95(100-96)103-93-76-75(91(98-93)101-89)83(107-59-37-13-3-14-38-59)67-51-27-28-52-68(67)84(76)108-60-39-15-4-16-40-60/h1-24,33-48,65-104H,25-32,49-56H2. The molecule has 8 aliphatic carbocycles. The lowest BCUT2D eigenvalue weighted by atomic mass is 9.58. The van der Waals surface area contributed by atoms with E-state index in [4.69, 9.17) is 59.2 Å². The zero-order chi connectivity index (χ0) is 74.0. The first kappa shape index (κ1) is 71.6. The van der Waals surface area contributed by atoms with E-state index >= 15 is 0 Å². The first-order valence-electron chi connectivity index (χ1n) is 43.4. The topological polar surface area (TPSA) is 170 Å². The normalized spacial score (nSPS) is 40.7. The third-order valence-electron chi connectivity index (χ3n) is 29.8. The third kappa shape index (κ3) is 13.6. The van der Waals surface area contributed by atoms with E-state index < -0.39 is 0 Å². The van der Waals surface area contributed by atoms with Gasteiger partial charge in [-0.25, -0.2) is 0 Å². The Hall–Kier alpha value is -8.16. The van der Waals surface area contributed by atoms with Crippen molar-refractivity contribution in [2.75, 3.05) is 0 Å². The fourth-order valence-corrected chi connectivity index (χ4v) is 25.6. The average molecular weight is 1510 g/mol. The van der Waals surface area contributed by atoms with Gasteiger partial charge in [-0.15, -0.1) is 0 Å². The number of fused-ring (bicyclic) bond motifs is 24. The first-order chi connectivity index (χ1) is 55.5. The van der Waals surface area contributed by atoms with Crippen molar-refractivity contribution in [3.8, 4) is 46.0 Å². The van der Waals surface area contributed by atoms with E-state index in [-0.39, 0.29) is 193 Å². The van der Waals surface area contributed by atoms with Gasteiger partial charge in [-0.1, -0.05) is 197 Å². The number of ether oxygens (including phenoxy) is 8. The van der Waals surface area contributed by atoms with Gasteiger partial charge in [0.1, 0.15) is 94.8 Å². The van der Waals surface area contributed by atoms with Gasteiger partial charge in [-0.05, 0) is 148 Å². The zero-order valence-electron chi connectivity index (χ0n) is 64.1. The number of para-hydroxylation sites is 8. The number of hydrogen-bond acceptors (Lipinski definition) is 16. The highest BCUT2D eigenvalue weighted by Gasteiger charge is 2.70. The van der Waals surface area contributed by atoms with Crippen molar-refractivity contribution < 1.29 is 37.9 Å². The van der Waals surface area contributed by atoms with Crippen LogP contribution >= 0.6 is 0 Å². The van der Waals surface area contributed by atoms with Crippen molar-refractivity contribution in [3.05, 3.63) is 243 Å². The van der Waals surface area contributed by atoms with Crippen LogP contribution < -0.4 is 80.4 Å². The summed E-state index contributed by atoms with van der Waals surface area (Å²) in [5, 5.41) is 37.4. The van der Waals surface area contributed by atoms with Gasteiger partial charge in [0, 0.05) is 94.7 Å². The molecule has 0 amide bonds. The lowest BCUT2D eigenvalue weighted by molar-refractivity contribution is -0.126. The molecule has 0 spiro atoms. The number of hydrogen-bond donors (Lipinski definition) is 8. The molecular formula is C96H112N8O8. The lowest BCUT2D eigenvalue weighted by Gasteiger charge is -2.54. The summed E-state index contributed by atoms with van der Waals surface area (Å²) in [6.45, 7) is 0. The Balaban J connectivity index is 0.787. The number of rotatable bonds is 16. The van der Waals surface area contributed by atoms with E-state index in [0.717, 1.165) is 149 Å². The Kier molecular flexibility index (Phi) is 20.2. The van der Waals surface area contributed by atoms with E-state index in [9.17, 15) is 0 Å². The molecule has 0 radical (unpaired) electrons. The summed E-state index contributed by atoms with van der Waals surface area (Å²) < 4.78 is 63.2. The molecule has 5 saturated heterocycles. The van der Waals surface area contributed by atoms with Gasteiger partial charge in [-0.2, -0.15) is 0 Å². The summed E-state index contributed by atoms with van der Waals surface area (Å²) in [5.74, 6) is 7.95. The van der Waals surface area contributed by atoms with Crippen LogP contribution in [0.25, 0.3) is 0 Å². The van der Waals surface area contributed by atoms with Crippen LogP contribution in [0.5, 0.6) is 46.0 Å². The highest BCUT2D eigenvalue weighted by atomic mass is 16.5. The van der Waals surface area contributed by atoms with Crippen molar-refractivity contribution in [2.45, 2.75) is 201 Å². The van der Waals surface area contributed by atoms with E-state index in [1.807, 2.05) is 0 Å². The lowest BCUT2D eigenvalue weighted by Crippen LogP contribution is -2.65. The summed E-state index contributed by atoms with van der Waals surface area (Å²) >= 11 is 0. The Bertz CT molecular complexity index is 3540. The maximum absolute atomic E-state index is 7.90. The molecule has 0 aromatic heterocycles. The maximum Gasteiger partial charge on any atom is 0.119 e. The van der Waals surface area contributed by atoms with Crippen molar-refractivity contribution in [2.24, 2.45) is 94.7 Å². The van der Waals surface area contributed by atoms with Crippen LogP contribution in [0.2, 0.25) is 0 Å². The van der Waals surface area contributed by atoms with Crippen LogP contribution in [0.3, 0.4) is 0 Å². The van der Waals surface area contributed by atoms with Crippen molar-refractivity contribution >= 4 is 0 Å². The van der Waals surface area contributed by atoms with E-state index in [2.05, 4.69) is 264 Å². The molecule has 13 fully saturated rings. The summed E-state index contributed by atoms with van der Waals surface area (Å²) in [6.07, 6.45) is 13.5. The first-order valence-corrected chi connectivity index (χ1v) is 43.4. The predicted octanol–water partition coefficient (Wildman–Crippen LogP) is 15.2. The minimum atomic E-state index is -0.314. The van der Waals surface area contributed by atoms with Gasteiger partial charge in [0.15, 0.2) is 0 Å². The summed E-state index contributed by atoms with van der Waals surface area (Å²) in [4.78, 5) is 0. The van der Waals surface area contributed by atoms with Crippen LogP contribution in [-0.2, 0) is 0 Å². The quantitative estimate of drug-likeness (QED) is 0.0459. The molecule has 8 aromatic carbocycles. The smallest absolute Gasteiger partial charge is 0.119 e. The SMILES string of the molecule is c1ccc(OC2C3CCCCC3C(Oc3ccccc3)C3C4NC(NC5NC(NC6NC(NC7NC(N4)C4C(Oc8ccccc8)C8CCCCC8C(Oc8ccccc8)C74)C4C(Oc7ccccc7)C7CCCCC7C(Oc7ccccc7)C64)C4C(Oc6ccccc6)C6CCCCC6C(Oc6ccccc6)C54)C23)cc1. The fraction of sp³-hybridized carbons (Fsp3) is 0.500. The van der Waals surface area contributed by atoms with Crippen LogP contribution in [0.1, 0.15) is 103 Å². The molecule has 8 saturated carbocycles.